The Balaban J connectivity index is 2.66. The monoisotopic (exact) mass is 226 g/mol. The summed E-state index contributed by atoms with van der Waals surface area (Å²) in [7, 11) is 1.28. The molecule has 1 aromatic carbocycles. The first-order chi connectivity index (χ1) is 7.11. The number of esters is 1. The smallest absolute Gasteiger partial charge is 0.340 e. The molecule has 2 aromatic rings. The molecular formula is C9H7ClN2O3. The number of methoxy groups -OCH3 is 1. The van der Waals surface area contributed by atoms with E-state index in [1.807, 2.05) is 0 Å². The molecule has 2 rings (SSSR count). The fourth-order valence-corrected chi connectivity index (χ4v) is 1.42. The van der Waals surface area contributed by atoms with Gasteiger partial charge in [0.05, 0.1) is 12.7 Å². The first-order valence-corrected chi connectivity index (χ1v) is 4.43. The molecule has 0 aliphatic rings. The second-order valence-electron chi connectivity index (χ2n) is 2.87. The maximum atomic E-state index is 11.3. The summed E-state index contributed by atoms with van der Waals surface area (Å²) >= 11 is 5.57. The molecule has 5 nitrogen and oxygen atoms in total. The fourth-order valence-electron chi connectivity index (χ4n) is 1.25. The van der Waals surface area contributed by atoms with E-state index in [-0.39, 0.29) is 16.6 Å². The number of oxazole rings is 1. The van der Waals surface area contributed by atoms with Gasteiger partial charge in [0.25, 0.3) is 5.35 Å². The third-order valence-corrected chi connectivity index (χ3v) is 2.10. The van der Waals surface area contributed by atoms with Crippen molar-refractivity contribution >= 4 is 34.4 Å². The van der Waals surface area contributed by atoms with Gasteiger partial charge in [-0.2, -0.15) is 4.98 Å². The van der Waals surface area contributed by atoms with E-state index in [4.69, 9.17) is 21.8 Å². The minimum absolute atomic E-state index is 0.00594. The molecule has 0 atom stereocenters. The van der Waals surface area contributed by atoms with Crippen LogP contribution >= 0.6 is 11.6 Å². The van der Waals surface area contributed by atoms with Crippen LogP contribution in [-0.4, -0.2) is 18.1 Å². The van der Waals surface area contributed by atoms with Gasteiger partial charge in [-0.15, -0.1) is 0 Å². The summed E-state index contributed by atoms with van der Waals surface area (Å²) in [5.41, 5.74) is 7.06. The molecule has 0 aliphatic heterocycles. The Morgan fingerprint density at radius 3 is 3.00 bits per heavy atom. The van der Waals surface area contributed by atoms with Crippen molar-refractivity contribution in [3.05, 3.63) is 23.0 Å². The Bertz CT molecular complexity index is 535. The maximum absolute atomic E-state index is 11.3. The van der Waals surface area contributed by atoms with E-state index in [9.17, 15) is 4.79 Å². The van der Waals surface area contributed by atoms with Gasteiger partial charge >= 0.3 is 5.97 Å². The van der Waals surface area contributed by atoms with E-state index in [2.05, 4.69) is 9.72 Å². The molecule has 6 heteroatoms. The Morgan fingerprint density at radius 1 is 1.60 bits per heavy atom. The van der Waals surface area contributed by atoms with Crippen LogP contribution in [0.4, 0.5) is 5.69 Å². The van der Waals surface area contributed by atoms with E-state index in [0.29, 0.717) is 11.1 Å². The Hall–Kier alpha value is -1.75. The molecular weight excluding hydrogens is 220 g/mol. The number of carbonyl (C=O) groups excluding carboxylic acids is 1. The van der Waals surface area contributed by atoms with E-state index in [1.54, 1.807) is 0 Å². The number of hydrogen-bond donors (Lipinski definition) is 1. The minimum Gasteiger partial charge on any atom is -0.465 e. The van der Waals surface area contributed by atoms with Crippen molar-refractivity contribution in [2.45, 2.75) is 0 Å². The van der Waals surface area contributed by atoms with Crippen molar-refractivity contribution in [3.63, 3.8) is 0 Å². The summed E-state index contributed by atoms with van der Waals surface area (Å²) in [6.07, 6.45) is 0. The summed E-state index contributed by atoms with van der Waals surface area (Å²) < 4.78 is 9.61. The zero-order valence-electron chi connectivity index (χ0n) is 7.78. The van der Waals surface area contributed by atoms with Crippen LogP contribution in [0.15, 0.2) is 16.5 Å². The van der Waals surface area contributed by atoms with Crippen molar-refractivity contribution in [1.82, 2.24) is 4.98 Å². The number of fused-ring (bicyclic) bond motifs is 1. The molecule has 0 spiro atoms. The number of aromatic nitrogens is 1. The number of benzene rings is 1. The highest BCUT2D eigenvalue weighted by molar-refractivity contribution is 6.28. The second-order valence-corrected chi connectivity index (χ2v) is 3.19. The molecule has 0 radical (unpaired) electrons. The number of anilines is 1. The standard InChI is InChI=1S/C9H7ClN2O3/c1-14-8(13)4-2-7-6(3-5(4)11)12-9(10)15-7/h2-3H,11H2,1H3. The van der Waals surface area contributed by atoms with Gasteiger partial charge < -0.3 is 14.9 Å². The van der Waals surface area contributed by atoms with Crippen LogP contribution in [0.2, 0.25) is 5.35 Å². The van der Waals surface area contributed by atoms with Gasteiger partial charge in [0.1, 0.15) is 5.52 Å². The van der Waals surface area contributed by atoms with Crippen molar-refractivity contribution in [3.8, 4) is 0 Å². The summed E-state index contributed by atoms with van der Waals surface area (Å²) in [4.78, 5) is 15.2. The van der Waals surface area contributed by atoms with Crippen LogP contribution in [-0.2, 0) is 4.74 Å². The molecule has 0 aliphatic carbocycles. The number of hydrogen-bond acceptors (Lipinski definition) is 5. The summed E-state index contributed by atoms with van der Waals surface area (Å²) in [5, 5.41) is 0.00594. The summed E-state index contributed by atoms with van der Waals surface area (Å²) in [5.74, 6) is -0.526. The molecule has 0 amide bonds. The number of nitrogens with two attached hydrogens (primary N) is 1. The first kappa shape index (κ1) is 9.79. The first-order valence-electron chi connectivity index (χ1n) is 4.05. The lowest BCUT2D eigenvalue weighted by Gasteiger charge is -2.01. The molecule has 0 bridgehead atoms. The second kappa shape index (κ2) is 3.43. The topological polar surface area (TPSA) is 78.3 Å². The van der Waals surface area contributed by atoms with Crippen LogP contribution in [0.25, 0.3) is 11.1 Å². The summed E-state index contributed by atoms with van der Waals surface area (Å²) in [6.45, 7) is 0. The zero-order chi connectivity index (χ0) is 11.0. The third kappa shape index (κ3) is 1.61. The summed E-state index contributed by atoms with van der Waals surface area (Å²) in [6, 6.07) is 2.96. The van der Waals surface area contributed by atoms with Crippen LogP contribution in [0.3, 0.4) is 0 Å². The fraction of sp³-hybridized carbons (Fsp3) is 0.111. The molecule has 15 heavy (non-hydrogen) atoms. The number of nitrogens with zero attached hydrogens (tertiary/aromatic N) is 1. The highest BCUT2D eigenvalue weighted by Gasteiger charge is 2.14. The van der Waals surface area contributed by atoms with Gasteiger partial charge in [-0.25, -0.2) is 4.79 Å². The number of rotatable bonds is 1. The Kier molecular flexibility index (Phi) is 2.24. The van der Waals surface area contributed by atoms with Crippen LogP contribution in [0, 0.1) is 0 Å². The molecule has 78 valence electrons. The van der Waals surface area contributed by atoms with Gasteiger partial charge in [0, 0.05) is 5.69 Å². The lowest BCUT2D eigenvalue weighted by Crippen LogP contribution is -2.05. The highest BCUT2D eigenvalue weighted by Crippen LogP contribution is 2.24. The number of halogens is 1. The SMILES string of the molecule is COC(=O)c1cc2oc(Cl)nc2cc1N. The molecule has 0 unspecified atom stereocenters. The van der Waals surface area contributed by atoms with Gasteiger partial charge in [0.2, 0.25) is 0 Å². The number of nitrogen functional groups attached to an aromatic ring is 1. The van der Waals surface area contributed by atoms with E-state index < -0.39 is 5.97 Å². The van der Waals surface area contributed by atoms with E-state index >= 15 is 0 Å². The number of carbonyl (C=O) groups is 1. The predicted octanol–water partition coefficient (Wildman–Crippen LogP) is 1.85. The highest BCUT2D eigenvalue weighted by atomic mass is 35.5. The molecule has 1 aromatic heterocycles. The van der Waals surface area contributed by atoms with Crippen LogP contribution < -0.4 is 5.73 Å². The minimum atomic E-state index is -0.526. The van der Waals surface area contributed by atoms with Crippen LogP contribution in [0.5, 0.6) is 0 Å². The average Bonchev–Trinajstić information content (AvgIpc) is 2.55. The Labute approximate surface area is 89.8 Å². The van der Waals surface area contributed by atoms with Gasteiger partial charge in [-0.3, -0.25) is 0 Å². The quantitative estimate of drug-likeness (QED) is 0.593. The van der Waals surface area contributed by atoms with Crippen LogP contribution in [0.1, 0.15) is 10.4 Å². The molecule has 0 saturated heterocycles. The Morgan fingerprint density at radius 2 is 2.33 bits per heavy atom. The van der Waals surface area contributed by atoms with E-state index in [0.717, 1.165) is 0 Å². The zero-order valence-corrected chi connectivity index (χ0v) is 8.54. The molecule has 0 fully saturated rings. The largest absolute Gasteiger partial charge is 0.465 e. The van der Waals surface area contributed by atoms with Gasteiger partial charge in [0.15, 0.2) is 5.58 Å². The van der Waals surface area contributed by atoms with Gasteiger partial charge in [-0.05, 0) is 23.7 Å². The number of ether oxygens (including phenoxy) is 1. The average molecular weight is 227 g/mol. The van der Waals surface area contributed by atoms with Crippen molar-refractivity contribution < 1.29 is 13.9 Å². The maximum Gasteiger partial charge on any atom is 0.340 e. The van der Waals surface area contributed by atoms with Crippen molar-refractivity contribution in [2.75, 3.05) is 12.8 Å². The normalized spacial score (nSPS) is 10.5. The molecule has 1 heterocycles. The van der Waals surface area contributed by atoms with Crippen molar-refractivity contribution in [1.29, 1.82) is 0 Å². The van der Waals surface area contributed by atoms with E-state index in [1.165, 1.54) is 19.2 Å². The molecule has 2 N–H and O–H groups in total. The molecule has 0 saturated carbocycles. The van der Waals surface area contributed by atoms with Crippen molar-refractivity contribution in [2.24, 2.45) is 0 Å². The lowest BCUT2D eigenvalue weighted by atomic mass is 10.1. The lowest BCUT2D eigenvalue weighted by molar-refractivity contribution is 0.0602. The third-order valence-electron chi connectivity index (χ3n) is 1.94. The van der Waals surface area contributed by atoms with Gasteiger partial charge in [-0.1, -0.05) is 0 Å². The predicted molar refractivity (Wildman–Crippen MR) is 54.8 cm³/mol.